The summed E-state index contributed by atoms with van der Waals surface area (Å²) in [4.78, 5) is 19.6. The number of nitrogens with zero attached hydrogens (tertiary/aromatic N) is 2. The number of fused-ring (bicyclic) bond motifs is 1. The molecule has 1 aromatic heterocycles. The number of carbonyl (C=O) groups is 1. The summed E-state index contributed by atoms with van der Waals surface area (Å²) in [5.41, 5.74) is 1.03. The van der Waals surface area contributed by atoms with Crippen molar-refractivity contribution in [3.8, 4) is 0 Å². The summed E-state index contributed by atoms with van der Waals surface area (Å²) in [6.45, 7) is 2.20. The number of carbonyl (C=O) groups excluding carboxylic acids is 1. The van der Waals surface area contributed by atoms with Gasteiger partial charge in [0.1, 0.15) is 0 Å². The van der Waals surface area contributed by atoms with Crippen molar-refractivity contribution in [1.29, 1.82) is 0 Å². The fraction of sp³-hybridized carbons (Fsp3) is 0.692. The zero-order valence-corrected chi connectivity index (χ0v) is 12.9. The molecule has 5 heteroatoms. The van der Waals surface area contributed by atoms with Crippen LogP contribution in [0.5, 0.6) is 0 Å². The van der Waals surface area contributed by atoms with Gasteiger partial charge in [-0.2, -0.15) is 11.8 Å². The first kappa shape index (κ1) is 13.9. The molecule has 0 amide bonds. The lowest BCUT2D eigenvalue weighted by molar-refractivity contribution is 0.0976. The topological polar surface area (TPSA) is 33.2 Å². The van der Waals surface area contributed by atoms with Gasteiger partial charge in [0, 0.05) is 25.3 Å². The van der Waals surface area contributed by atoms with Crippen molar-refractivity contribution in [1.82, 2.24) is 4.98 Å². The molecule has 0 bridgehead atoms. The molecule has 0 saturated heterocycles. The van der Waals surface area contributed by atoms with E-state index in [2.05, 4.69) is 30.1 Å². The second-order valence-corrected chi connectivity index (χ2v) is 6.57. The van der Waals surface area contributed by atoms with Crippen molar-refractivity contribution < 1.29 is 4.79 Å². The summed E-state index contributed by atoms with van der Waals surface area (Å²) < 4.78 is 0. The van der Waals surface area contributed by atoms with Gasteiger partial charge in [0.15, 0.2) is 10.9 Å². The first-order valence-corrected chi connectivity index (χ1v) is 8.63. The van der Waals surface area contributed by atoms with Crippen molar-refractivity contribution in [3.05, 3.63) is 10.6 Å². The number of ketones is 1. The van der Waals surface area contributed by atoms with E-state index in [1.165, 1.54) is 0 Å². The van der Waals surface area contributed by atoms with Crippen LogP contribution in [0.15, 0.2) is 0 Å². The Hall–Kier alpha value is -0.550. The number of hydrogen-bond donors (Lipinski definition) is 0. The fourth-order valence-corrected chi connectivity index (χ4v) is 4.22. The van der Waals surface area contributed by atoms with E-state index in [9.17, 15) is 4.79 Å². The van der Waals surface area contributed by atoms with E-state index in [1.807, 2.05) is 11.8 Å². The maximum Gasteiger partial charge on any atom is 0.186 e. The highest BCUT2D eigenvalue weighted by Gasteiger charge is 2.25. The number of thiazole rings is 1. The van der Waals surface area contributed by atoms with Crippen LogP contribution in [0.25, 0.3) is 0 Å². The summed E-state index contributed by atoms with van der Waals surface area (Å²) in [7, 11) is 2.10. The molecule has 2 rings (SSSR count). The van der Waals surface area contributed by atoms with Crippen LogP contribution < -0.4 is 4.90 Å². The predicted molar refractivity (Wildman–Crippen MR) is 80.2 cm³/mol. The number of thioether (sulfide) groups is 1. The molecule has 0 aliphatic heterocycles. The Morgan fingerprint density at radius 2 is 2.28 bits per heavy atom. The average molecular weight is 284 g/mol. The molecule has 100 valence electrons. The average Bonchev–Trinajstić information content (AvgIpc) is 2.80. The molecule has 3 nitrogen and oxygen atoms in total. The first-order valence-electron chi connectivity index (χ1n) is 6.42. The number of anilines is 1. The number of Topliss-reactive ketones (excluding diaryl/α,β-unsaturated/α-hetero) is 1. The Labute approximate surface area is 117 Å². The first-order chi connectivity index (χ1) is 8.67. The summed E-state index contributed by atoms with van der Waals surface area (Å²) in [6.07, 6.45) is 5.86. The summed E-state index contributed by atoms with van der Waals surface area (Å²) in [5.74, 6) is 1.39. The van der Waals surface area contributed by atoms with Crippen LogP contribution in [0.1, 0.15) is 41.6 Å². The quantitative estimate of drug-likeness (QED) is 0.831. The van der Waals surface area contributed by atoms with Crippen LogP contribution in [-0.2, 0) is 6.42 Å². The largest absolute Gasteiger partial charge is 0.347 e. The second kappa shape index (κ2) is 6.06. The molecular weight excluding hydrogens is 264 g/mol. The Morgan fingerprint density at radius 3 is 2.89 bits per heavy atom. The molecule has 1 heterocycles. The highest BCUT2D eigenvalue weighted by Crippen LogP contribution is 2.32. The van der Waals surface area contributed by atoms with Gasteiger partial charge < -0.3 is 4.90 Å². The van der Waals surface area contributed by atoms with Gasteiger partial charge in [0.05, 0.1) is 10.6 Å². The molecule has 1 aliphatic carbocycles. The van der Waals surface area contributed by atoms with Gasteiger partial charge in [0.25, 0.3) is 0 Å². The van der Waals surface area contributed by atoms with Gasteiger partial charge in [-0.05, 0) is 25.5 Å². The van der Waals surface area contributed by atoms with Crippen molar-refractivity contribution in [2.45, 2.75) is 38.6 Å². The lowest BCUT2D eigenvalue weighted by Gasteiger charge is -2.26. The van der Waals surface area contributed by atoms with Crippen molar-refractivity contribution in [2.75, 3.05) is 24.0 Å². The number of rotatable bonds is 5. The van der Waals surface area contributed by atoms with Gasteiger partial charge in [-0.1, -0.05) is 18.3 Å². The third kappa shape index (κ3) is 2.72. The molecule has 1 atom stereocenters. The minimum Gasteiger partial charge on any atom is -0.347 e. The Kier molecular flexibility index (Phi) is 4.67. The van der Waals surface area contributed by atoms with Gasteiger partial charge >= 0.3 is 0 Å². The molecule has 1 aliphatic rings. The van der Waals surface area contributed by atoms with Crippen molar-refractivity contribution >= 4 is 34.0 Å². The van der Waals surface area contributed by atoms with Crippen LogP contribution in [0.3, 0.4) is 0 Å². The molecule has 0 saturated carbocycles. The van der Waals surface area contributed by atoms with Gasteiger partial charge in [0.2, 0.25) is 0 Å². The highest BCUT2D eigenvalue weighted by atomic mass is 32.2. The molecule has 0 spiro atoms. The Bertz CT molecular complexity index is 431. The zero-order chi connectivity index (χ0) is 13.1. The third-order valence-electron chi connectivity index (χ3n) is 3.44. The summed E-state index contributed by atoms with van der Waals surface area (Å²) >= 11 is 3.44. The van der Waals surface area contributed by atoms with E-state index in [4.69, 9.17) is 0 Å². The van der Waals surface area contributed by atoms with Gasteiger partial charge in [-0.3, -0.25) is 4.79 Å². The SMILES string of the molecule is CCC(CSC)N(C)c1nc2c(s1)C(=O)CCC2. The molecule has 0 fully saturated rings. The second-order valence-electron chi connectivity index (χ2n) is 4.68. The fourth-order valence-electron chi connectivity index (χ4n) is 2.26. The van der Waals surface area contributed by atoms with E-state index in [1.54, 1.807) is 11.3 Å². The normalized spacial score (nSPS) is 16.5. The third-order valence-corrected chi connectivity index (χ3v) is 5.38. The van der Waals surface area contributed by atoms with Crippen LogP contribution in [0.4, 0.5) is 5.13 Å². The highest BCUT2D eigenvalue weighted by molar-refractivity contribution is 7.98. The maximum absolute atomic E-state index is 11.8. The Morgan fingerprint density at radius 1 is 1.50 bits per heavy atom. The predicted octanol–water partition coefficient (Wildman–Crippen LogP) is 3.24. The summed E-state index contributed by atoms with van der Waals surface area (Å²) in [5, 5.41) is 1.01. The van der Waals surface area contributed by atoms with Gasteiger partial charge in [-0.15, -0.1) is 0 Å². The smallest absolute Gasteiger partial charge is 0.186 e. The summed E-state index contributed by atoms with van der Waals surface area (Å²) in [6, 6.07) is 0.503. The maximum atomic E-state index is 11.8. The molecule has 1 unspecified atom stereocenters. The lowest BCUT2D eigenvalue weighted by atomic mass is 10.0. The van der Waals surface area contributed by atoms with E-state index >= 15 is 0 Å². The van der Waals surface area contributed by atoms with Crippen LogP contribution in [0, 0.1) is 0 Å². The molecule has 0 aromatic carbocycles. The van der Waals surface area contributed by atoms with Crippen LogP contribution in [-0.4, -0.2) is 35.9 Å². The van der Waals surface area contributed by atoms with E-state index in [0.29, 0.717) is 12.5 Å². The molecule has 0 radical (unpaired) electrons. The lowest BCUT2D eigenvalue weighted by Crippen LogP contribution is -2.33. The van der Waals surface area contributed by atoms with Gasteiger partial charge in [-0.25, -0.2) is 4.98 Å². The minimum absolute atomic E-state index is 0.284. The number of hydrogen-bond acceptors (Lipinski definition) is 5. The zero-order valence-electron chi connectivity index (χ0n) is 11.2. The van der Waals surface area contributed by atoms with Crippen LogP contribution in [0.2, 0.25) is 0 Å². The molecule has 18 heavy (non-hydrogen) atoms. The van der Waals surface area contributed by atoms with E-state index in [0.717, 1.165) is 40.7 Å². The number of aromatic nitrogens is 1. The Balaban J connectivity index is 2.20. The van der Waals surface area contributed by atoms with Crippen molar-refractivity contribution in [3.63, 3.8) is 0 Å². The van der Waals surface area contributed by atoms with E-state index in [-0.39, 0.29) is 5.78 Å². The monoisotopic (exact) mass is 284 g/mol. The number of aryl methyl sites for hydroxylation is 1. The van der Waals surface area contributed by atoms with Crippen LogP contribution >= 0.6 is 23.1 Å². The molecule has 1 aromatic rings. The minimum atomic E-state index is 0.284. The standard InChI is InChI=1S/C13H20N2OS2/c1-4-9(8-17-3)15(2)13-14-10-6-5-7-11(16)12(10)18-13/h9H,4-8H2,1-3H3. The molecule has 0 N–H and O–H groups in total. The van der Waals surface area contributed by atoms with E-state index < -0.39 is 0 Å². The van der Waals surface area contributed by atoms with Crippen molar-refractivity contribution in [2.24, 2.45) is 0 Å². The molecular formula is C13H20N2OS2.